The van der Waals surface area contributed by atoms with Crippen LogP contribution in [0.2, 0.25) is 0 Å². The van der Waals surface area contributed by atoms with E-state index >= 15 is 0 Å². The Hall–Kier alpha value is -3.35. The van der Waals surface area contributed by atoms with Crippen molar-refractivity contribution in [2.75, 3.05) is 7.11 Å². The van der Waals surface area contributed by atoms with Crippen LogP contribution in [0.1, 0.15) is 30.5 Å². The summed E-state index contributed by atoms with van der Waals surface area (Å²) in [5, 5.41) is 3.36. The summed E-state index contributed by atoms with van der Waals surface area (Å²) in [6, 6.07) is 12.4. The molecule has 1 heterocycles. The molecule has 7 nitrogen and oxygen atoms in total. The van der Waals surface area contributed by atoms with Crippen LogP contribution in [0.25, 0.3) is 10.9 Å². The molecule has 3 aromatic rings. The van der Waals surface area contributed by atoms with Crippen molar-refractivity contribution in [3.05, 3.63) is 74.4 Å². The van der Waals surface area contributed by atoms with Crippen LogP contribution in [0.15, 0.2) is 52.1 Å². The van der Waals surface area contributed by atoms with Crippen LogP contribution in [0.4, 0.5) is 0 Å². The van der Waals surface area contributed by atoms with Crippen molar-refractivity contribution in [3.63, 3.8) is 0 Å². The Morgan fingerprint density at radius 2 is 1.96 bits per heavy atom. The molecule has 0 aliphatic heterocycles. The first-order valence-electron chi connectivity index (χ1n) is 9.06. The number of amides is 1. The molecule has 0 saturated carbocycles. The van der Waals surface area contributed by atoms with E-state index in [2.05, 4.69) is 10.3 Å². The summed E-state index contributed by atoms with van der Waals surface area (Å²) in [6.07, 6.45) is 0.106. The third-order valence-corrected chi connectivity index (χ3v) is 4.70. The molecule has 2 aromatic carbocycles. The number of carbonyl (C=O) groups excluding carboxylic acids is 1. The van der Waals surface area contributed by atoms with Crippen molar-refractivity contribution in [2.45, 2.75) is 32.9 Å². The smallest absolute Gasteiger partial charge is 0.328 e. The summed E-state index contributed by atoms with van der Waals surface area (Å²) in [4.78, 5) is 38.9. The molecule has 0 spiro atoms. The van der Waals surface area contributed by atoms with Crippen molar-refractivity contribution in [1.29, 1.82) is 0 Å². The van der Waals surface area contributed by atoms with E-state index in [0.717, 1.165) is 11.1 Å². The van der Waals surface area contributed by atoms with Gasteiger partial charge in [-0.25, -0.2) is 4.79 Å². The van der Waals surface area contributed by atoms with Crippen molar-refractivity contribution in [3.8, 4) is 5.75 Å². The maximum absolute atomic E-state index is 12.5. The quantitative estimate of drug-likeness (QED) is 0.685. The lowest BCUT2D eigenvalue weighted by molar-refractivity contribution is -0.121. The highest BCUT2D eigenvalue weighted by Gasteiger charge is 2.15. The highest BCUT2D eigenvalue weighted by molar-refractivity contribution is 5.79. The predicted molar refractivity (Wildman–Crippen MR) is 108 cm³/mol. The van der Waals surface area contributed by atoms with Crippen LogP contribution in [0, 0.1) is 6.92 Å². The summed E-state index contributed by atoms with van der Waals surface area (Å²) in [6.45, 7) is 4.03. The van der Waals surface area contributed by atoms with E-state index in [1.807, 2.05) is 32.0 Å². The zero-order valence-electron chi connectivity index (χ0n) is 16.1. The molecule has 146 valence electrons. The molecule has 3 rings (SSSR count). The fourth-order valence-corrected chi connectivity index (χ4v) is 3.26. The van der Waals surface area contributed by atoms with Gasteiger partial charge in [0.15, 0.2) is 0 Å². The monoisotopic (exact) mass is 381 g/mol. The van der Waals surface area contributed by atoms with Crippen LogP contribution in [-0.4, -0.2) is 22.6 Å². The number of aryl methyl sites for hydroxylation is 2. The minimum absolute atomic E-state index is 0.106. The Morgan fingerprint density at radius 1 is 1.21 bits per heavy atom. The third kappa shape index (κ3) is 3.98. The fraction of sp³-hybridized carbons (Fsp3) is 0.286. The zero-order valence-corrected chi connectivity index (χ0v) is 16.1. The SMILES string of the molecule is COc1ccc(C)cc1C(C)NC(=O)CCn1c(=O)[nH]c(=O)c2ccccc21. The number of rotatable bonds is 6. The maximum atomic E-state index is 12.5. The molecule has 0 radical (unpaired) electrons. The van der Waals surface area contributed by atoms with E-state index in [0.29, 0.717) is 16.7 Å². The van der Waals surface area contributed by atoms with E-state index in [4.69, 9.17) is 4.74 Å². The fourth-order valence-electron chi connectivity index (χ4n) is 3.26. The first-order valence-corrected chi connectivity index (χ1v) is 9.06. The van der Waals surface area contributed by atoms with Gasteiger partial charge in [-0.05, 0) is 32.0 Å². The second-order valence-corrected chi connectivity index (χ2v) is 6.71. The molecule has 28 heavy (non-hydrogen) atoms. The Kier molecular flexibility index (Phi) is 5.63. The number of benzene rings is 2. The number of ether oxygens (including phenoxy) is 1. The molecule has 1 atom stereocenters. The predicted octanol–water partition coefficient (Wildman–Crippen LogP) is 2.27. The van der Waals surface area contributed by atoms with Gasteiger partial charge in [0.2, 0.25) is 5.91 Å². The van der Waals surface area contributed by atoms with Gasteiger partial charge in [-0.1, -0.05) is 29.8 Å². The van der Waals surface area contributed by atoms with Crippen molar-refractivity contribution in [2.24, 2.45) is 0 Å². The van der Waals surface area contributed by atoms with Crippen molar-refractivity contribution >= 4 is 16.8 Å². The number of aromatic nitrogens is 2. The number of methoxy groups -OCH3 is 1. The Morgan fingerprint density at radius 3 is 2.71 bits per heavy atom. The Balaban J connectivity index is 1.75. The van der Waals surface area contributed by atoms with Crippen LogP contribution in [-0.2, 0) is 11.3 Å². The van der Waals surface area contributed by atoms with Gasteiger partial charge >= 0.3 is 5.69 Å². The molecular weight excluding hydrogens is 358 g/mol. The first-order chi connectivity index (χ1) is 13.4. The highest BCUT2D eigenvalue weighted by atomic mass is 16.5. The number of nitrogens with zero attached hydrogens (tertiary/aromatic N) is 1. The third-order valence-electron chi connectivity index (χ3n) is 4.70. The number of fused-ring (bicyclic) bond motifs is 1. The van der Waals surface area contributed by atoms with Gasteiger partial charge in [0.1, 0.15) is 5.75 Å². The van der Waals surface area contributed by atoms with Crippen LogP contribution in [0.3, 0.4) is 0 Å². The number of aromatic amines is 1. The molecule has 0 saturated heterocycles. The van der Waals surface area contributed by atoms with Gasteiger partial charge < -0.3 is 10.1 Å². The molecule has 7 heteroatoms. The van der Waals surface area contributed by atoms with Crippen LogP contribution in [0.5, 0.6) is 5.75 Å². The summed E-state index contributed by atoms with van der Waals surface area (Å²) < 4.78 is 6.79. The van der Waals surface area contributed by atoms with E-state index in [9.17, 15) is 14.4 Å². The van der Waals surface area contributed by atoms with Gasteiger partial charge in [-0.2, -0.15) is 0 Å². The van der Waals surface area contributed by atoms with Gasteiger partial charge in [0.25, 0.3) is 5.56 Å². The van der Waals surface area contributed by atoms with Gasteiger partial charge in [-0.15, -0.1) is 0 Å². The minimum atomic E-state index is -0.523. The zero-order chi connectivity index (χ0) is 20.3. The molecule has 0 bridgehead atoms. The first kappa shape index (κ1) is 19.4. The summed E-state index contributed by atoms with van der Waals surface area (Å²) >= 11 is 0. The molecule has 2 N–H and O–H groups in total. The van der Waals surface area contributed by atoms with E-state index in [1.165, 1.54) is 4.57 Å². The second kappa shape index (κ2) is 8.12. The molecular formula is C21H23N3O4. The number of para-hydroxylation sites is 1. The maximum Gasteiger partial charge on any atom is 0.328 e. The van der Waals surface area contributed by atoms with Crippen LogP contribution < -0.4 is 21.3 Å². The number of hydrogen-bond donors (Lipinski definition) is 2. The molecule has 1 amide bonds. The standard InChI is InChI=1S/C21H23N3O4/c1-13-8-9-18(28-3)16(12-13)14(2)22-19(25)10-11-24-17-7-5-4-6-15(17)20(26)23-21(24)27/h4-9,12,14H,10-11H2,1-3H3,(H,22,25)(H,23,26,27). The lowest BCUT2D eigenvalue weighted by Gasteiger charge is -2.18. The highest BCUT2D eigenvalue weighted by Crippen LogP contribution is 2.26. The summed E-state index contributed by atoms with van der Waals surface area (Å²) in [5.74, 6) is 0.513. The lowest BCUT2D eigenvalue weighted by atomic mass is 10.0. The summed E-state index contributed by atoms with van der Waals surface area (Å²) in [7, 11) is 1.59. The number of carbonyl (C=O) groups is 1. The molecule has 0 fully saturated rings. The Bertz CT molecular complexity index is 1130. The topological polar surface area (TPSA) is 93.2 Å². The van der Waals surface area contributed by atoms with E-state index in [-0.39, 0.29) is 24.9 Å². The number of nitrogens with one attached hydrogen (secondary N) is 2. The van der Waals surface area contributed by atoms with Crippen molar-refractivity contribution in [1.82, 2.24) is 14.9 Å². The van der Waals surface area contributed by atoms with Gasteiger partial charge in [0.05, 0.1) is 24.1 Å². The number of hydrogen-bond acceptors (Lipinski definition) is 4. The largest absolute Gasteiger partial charge is 0.496 e. The van der Waals surface area contributed by atoms with Crippen molar-refractivity contribution < 1.29 is 9.53 Å². The molecule has 1 aromatic heterocycles. The van der Waals surface area contributed by atoms with Crippen LogP contribution >= 0.6 is 0 Å². The average molecular weight is 381 g/mol. The molecule has 0 aliphatic carbocycles. The van der Waals surface area contributed by atoms with Gasteiger partial charge in [-0.3, -0.25) is 19.1 Å². The average Bonchev–Trinajstić information content (AvgIpc) is 2.67. The van der Waals surface area contributed by atoms with E-state index in [1.54, 1.807) is 31.4 Å². The minimum Gasteiger partial charge on any atom is -0.496 e. The molecule has 1 unspecified atom stereocenters. The molecule has 0 aliphatic rings. The van der Waals surface area contributed by atoms with E-state index < -0.39 is 11.2 Å². The lowest BCUT2D eigenvalue weighted by Crippen LogP contribution is -2.33. The van der Waals surface area contributed by atoms with Gasteiger partial charge in [0, 0.05) is 18.5 Å². The summed E-state index contributed by atoms with van der Waals surface area (Å²) in [5.41, 5.74) is 1.52. The normalized spacial score (nSPS) is 12.0. The second-order valence-electron chi connectivity index (χ2n) is 6.71. The Labute approximate surface area is 162 Å². The number of H-pyrrole nitrogens is 1.